The second-order valence-electron chi connectivity index (χ2n) is 6.34. The van der Waals surface area contributed by atoms with Gasteiger partial charge in [-0.05, 0) is 60.7 Å². The van der Waals surface area contributed by atoms with Gasteiger partial charge >= 0.3 is 0 Å². The minimum atomic E-state index is -0.433. The van der Waals surface area contributed by atoms with Crippen LogP contribution in [0, 0.1) is 17.0 Å². The number of carbonyl (C=O) groups excluding carboxylic acids is 1. The number of amides is 1. The Labute approximate surface area is 170 Å². The molecular formula is C21H16N4O3S. The molecule has 1 fully saturated rings. The fourth-order valence-electron chi connectivity index (χ4n) is 2.89. The van der Waals surface area contributed by atoms with Crippen molar-refractivity contribution >= 4 is 40.3 Å². The summed E-state index contributed by atoms with van der Waals surface area (Å²) in [6.07, 6.45) is 3.62. The summed E-state index contributed by atoms with van der Waals surface area (Å²) in [5, 5.41) is 14.2. The van der Waals surface area contributed by atoms with Gasteiger partial charge in [-0.25, -0.2) is 4.99 Å². The van der Waals surface area contributed by atoms with Gasteiger partial charge in [-0.15, -0.1) is 0 Å². The van der Waals surface area contributed by atoms with Gasteiger partial charge in [0.05, 0.1) is 15.5 Å². The van der Waals surface area contributed by atoms with Crippen LogP contribution in [0.15, 0.2) is 76.8 Å². The quantitative estimate of drug-likeness (QED) is 0.391. The van der Waals surface area contributed by atoms with E-state index in [4.69, 9.17) is 0 Å². The molecule has 0 saturated carbocycles. The predicted octanol–water partition coefficient (Wildman–Crippen LogP) is 4.59. The predicted molar refractivity (Wildman–Crippen MR) is 114 cm³/mol. The largest absolute Gasteiger partial charge is 0.317 e. The number of thioether (sulfide) groups is 1. The van der Waals surface area contributed by atoms with E-state index >= 15 is 0 Å². The number of benzene rings is 2. The molecule has 0 unspecified atom stereocenters. The number of carbonyl (C=O) groups is 1. The first-order valence-electron chi connectivity index (χ1n) is 8.79. The number of nitrogens with zero attached hydrogens (tertiary/aromatic N) is 3. The normalized spacial score (nSPS) is 16.4. The number of para-hydroxylation sites is 1. The van der Waals surface area contributed by atoms with E-state index in [1.165, 1.54) is 23.9 Å². The number of nitro groups is 1. The number of aliphatic imine (C=N–C) groups is 1. The molecule has 4 rings (SSSR count). The fraction of sp³-hybridized carbons (Fsp3) is 0.0476. The smallest absolute Gasteiger partial charge is 0.269 e. The Balaban J connectivity index is 1.61. The Morgan fingerprint density at radius 2 is 1.86 bits per heavy atom. The van der Waals surface area contributed by atoms with Crippen LogP contribution < -0.4 is 5.32 Å². The molecule has 7 nitrogen and oxygen atoms in total. The zero-order chi connectivity index (χ0) is 20.4. The van der Waals surface area contributed by atoms with E-state index in [0.29, 0.717) is 10.1 Å². The minimum Gasteiger partial charge on any atom is -0.317 e. The van der Waals surface area contributed by atoms with Crippen LogP contribution >= 0.6 is 11.8 Å². The van der Waals surface area contributed by atoms with Gasteiger partial charge in [0.15, 0.2) is 5.17 Å². The van der Waals surface area contributed by atoms with E-state index in [1.807, 2.05) is 54.1 Å². The maximum absolute atomic E-state index is 12.4. The van der Waals surface area contributed by atoms with E-state index < -0.39 is 4.92 Å². The van der Waals surface area contributed by atoms with Crippen LogP contribution in [0.2, 0.25) is 0 Å². The zero-order valence-corrected chi connectivity index (χ0v) is 16.2. The van der Waals surface area contributed by atoms with Gasteiger partial charge in [0.1, 0.15) is 0 Å². The highest BCUT2D eigenvalue weighted by Crippen LogP contribution is 2.29. The molecule has 0 spiro atoms. The number of amidine groups is 1. The number of hydrogen-bond acceptors (Lipinski definition) is 5. The molecular weight excluding hydrogens is 388 g/mol. The lowest BCUT2D eigenvalue weighted by Gasteiger charge is -2.06. The summed E-state index contributed by atoms with van der Waals surface area (Å²) in [5.41, 5.74) is 3.42. The van der Waals surface area contributed by atoms with Crippen molar-refractivity contribution in [1.82, 2.24) is 9.88 Å². The third-order valence-corrected chi connectivity index (χ3v) is 5.30. The van der Waals surface area contributed by atoms with Crippen molar-refractivity contribution in [1.29, 1.82) is 0 Å². The van der Waals surface area contributed by atoms with Gasteiger partial charge in [-0.3, -0.25) is 14.9 Å². The second-order valence-corrected chi connectivity index (χ2v) is 7.38. The molecule has 1 amide bonds. The van der Waals surface area contributed by atoms with Gasteiger partial charge in [-0.1, -0.05) is 18.2 Å². The number of hydrogen-bond donors (Lipinski definition) is 1. The summed E-state index contributed by atoms with van der Waals surface area (Å²) in [5.74, 6) is -0.209. The maximum atomic E-state index is 12.4. The maximum Gasteiger partial charge on any atom is 0.269 e. The van der Waals surface area contributed by atoms with Crippen molar-refractivity contribution in [3.8, 4) is 5.69 Å². The molecule has 29 heavy (non-hydrogen) atoms. The average Bonchev–Trinajstić information content (AvgIpc) is 3.30. The number of nitrogens with one attached hydrogen (secondary N) is 1. The van der Waals surface area contributed by atoms with Crippen molar-refractivity contribution in [2.45, 2.75) is 6.92 Å². The molecule has 0 bridgehead atoms. The number of non-ortho nitro benzene ring substituents is 1. The van der Waals surface area contributed by atoms with Crippen LogP contribution in [0.25, 0.3) is 11.8 Å². The lowest BCUT2D eigenvalue weighted by atomic mass is 10.2. The van der Waals surface area contributed by atoms with Crippen molar-refractivity contribution in [3.63, 3.8) is 0 Å². The number of rotatable bonds is 4. The van der Waals surface area contributed by atoms with Crippen LogP contribution in [0.4, 0.5) is 11.4 Å². The topological polar surface area (TPSA) is 89.5 Å². The SMILES string of the molecule is Cc1ccccc1N=C1NC(=O)C(=Cc2cccn2-c2ccc([N+](=O)[O-])cc2)S1. The number of aromatic nitrogens is 1. The summed E-state index contributed by atoms with van der Waals surface area (Å²) in [4.78, 5) is 27.9. The van der Waals surface area contributed by atoms with Crippen molar-refractivity contribution in [3.05, 3.63) is 93.1 Å². The number of nitro benzene ring substituents is 1. The minimum absolute atomic E-state index is 0.0311. The van der Waals surface area contributed by atoms with Gasteiger partial charge in [0.2, 0.25) is 0 Å². The Morgan fingerprint density at radius 1 is 1.10 bits per heavy atom. The Hall–Kier alpha value is -3.65. The molecule has 0 radical (unpaired) electrons. The van der Waals surface area contributed by atoms with Crippen LogP contribution in [0.3, 0.4) is 0 Å². The van der Waals surface area contributed by atoms with Gasteiger partial charge in [0, 0.05) is 29.7 Å². The molecule has 1 aliphatic rings. The average molecular weight is 404 g/mol. The second kappa shape index (κ2) is 7.76. The van der Waals surface area contributed by atoms with E-state index in [9.17, 15) is 14.9 Å². The lowest BCUT2D eigenvalue weighted by molar-refractivity contribution is -0.384. The first kappa shape index (κ1) is 18.7. The molecule has 3 aromatic rings. The van der Waals surface area contributed by atoms with E-state index in [0.717, 1.165) is 22.6 Å². The molecule has 2 heterocycles. The van der Waals surface area contributed by atoms with Crippen molar-refractivity contribution in [2.75, 3.05) is 0 Å². The summed E-state index contributed by atoms with van der Waals surface area (Å²) in [7, 11) is 0. The zero-order valence-electron chi connectivity index (χ0n) is 15.4. The molecule has 144 valence electrons. The molecule has 2 aromatic carbocycles. The molecule has 0 atom stereocenters. The van der Waals surface area contributed by atoms with Crippen LogP contribution in [-0.2, 0) is 4.79 Å². The fourth-order valence-corrected chi connectivity index (χ4v) is 3.71. The Morgan fingerprint density at radius 3 is 2.59 bits per heavy atom. The standard InChI is InChI=1S/C21H16N4O3S/c1-14-5-2-3-7-18(14)22-21-23-20(26)19(29-21)13-17-6-4-12-24(17)15-8-10-16(11-9-15)25(27)28/h2-13H,1H3,(H,22,23,26). The molecule has 1 N–H and O–H groups in total. The van der Waals surface area contributed by atoms with Crippen molar-refractivity contribution in [2.24, 2.45) is 4.99 Å². The third kappa shape index (κ3) is 3.97. The summed E-state index contributed by atoms with van der Waals surface area (Å²) in [6, 6.07) is 17.7. The Bertz CT molecular complexity index is 1160. The molecule has 1 saturated heterocycles. The van der Waals surface area contributed by atoms with Crippen LogP contribution in [0.1, 0.15) is 11.3 Å². The molecule has 1 aromatic heterocycles. The molecule has 1 aliphatic heterocycles. The lowest BCUT2D eigenvalue weighted by Crippen LogP contribution is -2.19. The monoisotopic (exact) mass is 404 g/mol. The first-order valence-corrected chi connectivity index (χ1v) is 9.60. The van der Waals surface area contributed by atoms with E-state index in [2.05, 4.69) is 10.3 Å². The van der Waals surface area contributed by atoms with Gasteiger partial charge in [0.25, 0.3) is 11.6 Å². The summed E-state index contributed by atoms with van der Waals surface area (Å²) >= 11 is 1.28. The number of aryl methyl sites for hydroxylation is 1. The van der Waals surface area contributed by atoms with Crippen molar-refractivity contribution < 1.29 is 9.72 Å². The van der Waals surface area contributed by atoms with E-state index in [-0.39, 0.29) is 11.6 Å². The van der Waals surface area contributed by atoms with Crippen LogP contribution in [-0.4, -0.2) is 20.6 Å². The summed E-state index contributed by atoms with van der Waals surface area (Å²) in [6.45, 7) is 1.97. The van der Waals surface area contributed by atoms with E-state index in [1.54, 1.807) is 18.2 Å². The van der Waals surface area contributed by atoms with Gasteiger partial charge in [-0.2, -0.15) is 0 Å². The molecule has 0 aliphatic carbocycles. The highest BCUT2D eigenvalue weighted by atomic mass is 32.2. The van der Waals surface area contributed by atoms with Gasteiger partial charge < -0.3 is 9.88 Å². The van der Waals surface area contributed by atoms with Crippen LogP contribution in [0.5, 0.6) is 0 Å². The highest BCUT2D eigenvalue weighted by Gasteiger charge is 2.24. The Kier molecular flexibility index (Phi) is 5.01. The summed E-state index contributed by atoms with van der Waals surface area (Å²) < 4.78 is 1.86. The molecule has 8 heteroatoms. The first-order chi connectivity index (χ1) is 14.0. The highest BCUT2D eigenvalue weighted by molar-refractivity contribution is 8.18. The third-order valence-electron chi connectivity index (χ3n) is 4.39.